The van der Waals surface area contributed by atoms with E-state index in [1.165, 1.54) is 11.3 Å². The van der Waals surface area contributed by atoms with Crippen LogP contribution >= 0.6 is 22.9 Å². The first kappa shape index (κ1) is 19.1. The number of pyridine rings is 1. The Kier molecular flexibility index (Phi) is 5.84. The predicted octanol–water partition coefficient (Wildman–Crippen LogP) is 5.69. The lowest BCUT2D eigenvalue weighted by Gasteiger charge is -2.11. The number of thiazole rings is 1. The highest BCUT2D eigenvalue weighted by Gasteiger charge is 2.15. The van der Waals surface area contributed by atoms with Crippen molar-refractivity contribution in [3.05, 3.63) is 94.5 Å². The molecule has 7 heteroatoms. The van der Waals surface area contributed by atoms with E-state index in [9.17, 15) is 4.79 Å². The van der Waals surface area contributed by atoms with Gasteiger partial charge in [0.1, 0.15) is 18.1 Å². The molecule has 4 rings (SSSR count). The van der Waals surface area contributed by atoms with Gasteiger partial charge in [0, 0.05) is 16.6 Å². The van der Waals surface area contributed by atoms with Crippen LogP contribution in [0.5, 0.6) is 5.75 Å². The Bertz CT molecular complexity index is 1110. The third-order valence-corrected chi connectivity index (χ3v) is 5.10. The molecular weight excluding hydrogens is 406 g/mol. The number of nitrogens with zero attached hydrogens (tertiary/aromatic N) is 2. The average molecular weight is 422 g/mol. The SMILES string of the molecule is O=C(Nc1nc(-c2ccccn2)cs1)c1ccccc1OCc1ccc(Cl)cc1. The van der Waals surface area contributed by atoms with Crippen LogP contribution in [0.2, 0.25) is 5.02 Å². The van der Waals surface area contributed by atoms with Crippen LogP contribution in [0.25, 0.3) is 11.4 Å². The number of halogens is 1. The molecule has 2 heterocycles. The second-order valence-corrected chi connectivity index (χ2v) is 7.41. The molecule has 1 N–H and O–H groups in total. The van der Waals surface area contributed by atoms with E-state index in [1.54, 1.807) is 36.5 Å². The van der Waals surface area contributed by atoms with Crippen molar-refractivity contribution >= 4 is 34.0 Å². The topological polar surface area (TPSA) is 64.1 Å². The van der Waals surface area contributed by atoms with Gasteiger partial charge in [-0.1, -0.05) is 41.9 Å². The molecular formula is C22H16ClN3O2S. The number of ether oxygens (including phenoxy) is 1. The molecule has 0 bridgehead atoms. The number of hydrogen-bond acceptors (Lipinski definition) is 5. The Balaban J connectivity index is 1.46. The Morgan fingerprint density at radius 3 is 2.59 bits per heavy atom. The van der Waals surface area contributed by atoms with Gasteiger partial charge >= 0.3 is 0 Å². The summed E-state index contributed by atoms with van der Waals surface area (Å²) < 4.78 is 5.87. The molecule has 0 unspecified atom stereocenters. The number of hydrogen-bond donors (Lipinski definition) is 1. The van der Waals surface area contributed by atoms with Gasteiger partial charge in [-0.3, -0.25) is 15.1 Å². The van der Waals surface area contributed by atoms with E-state index in [4.69, 9.17) is 16.3 Å². The van der Waals surface area contributed by atoms with Gasteiger partial charge in [-0.2, -0.15) is 0 Å². The summed E-state index contributed by atoms with van der Waals surface area (Å²) in [7, 11) is 0. The summed E-state index contributed by atoms with van der Waals surface area (Å²) >= 11 is 7.26. The average Bonchev–Trinajstić information content (AvgIpc) is 3.22. The minimum atomic E-state index is -0.279. The second kappa shape index (κ2) is 8.86. The number of anilines is 1. The van der Waals surface area contributed by atoms with E-state index < -0.39 is 0 Å². The number of rotatable bonds is 6. The molecule has 144 valence electrons. The molecule has 0 radical (unpaired) electrons. The van der Waals surface area contributed by atoms with Crippen LogP contribution in [-0.2, 0) is 6.61 Å². The third kappa shape index (κ3) is 4.80. The molecule has 0 fully saturated rings. The molecule has 2 aromatic carbocycles. The molecule has 0 spiro atoms. The molecule has 2 aromatic heterocycles. The van der Waals surface area contributed by atoms with Gasteiger partial charge in [0.15, 0.2) is 5.13 Å². The zero-order valence-corrected chi connectivity index (χ0v) is 16.8. The number of benzene rings is 2. The van der Waals surface area contributed by atoms with Gasteiger partial charge in [0.25, 0.3) is 5.91 Å². The quantitative estimate of drug-likeness (QED) is 0.434. The zero-order valence-electron chi connectivity index (χ0n) is 15.2. The highest BCUT2D eigenvalue weighted by molar-refractivity contribution is 7.14. The third-order valence-electron chi connectivity index (χ3n) is 4.09. The minimum absolute atomic E-state index is 0.279. The van der Waals surface area contributed by atoms with E-state index in [-0.39, 0.29) is 5.91 Å². The van der Waals surface area contributed by atoms with Crippen LogP contribution in [0.15, 0.2) is 78.3 Å². The minimum Gasteiger partial charge on any atom is -0.488 e. The number of amides is 1. The summed E-state index contributed by atoms with van der Waals surface area (Å²) in [4.78, 5) is 21.5. The van der Waals surface area contributed by atoms with Crippen molar-refractivity contribution < 1.29 is 9.53 Å². The maximum atomic E-state index is 12.8. The zero-order chi connectivity index (χ0) is 20.1. The fourth-order valence-corrected chi connectivity index (χ4v) is 3.47. The first-order chi connectivity index (χ1) is 14.2. The van der Waals surface area contributed by atoms with Gasteiger partial charge in [-0.05, 0) is 42.0 Å². The lowest BCUT2D eigenvalue weighted by atomic mass is 10.2. The maximum Gasteiger partial charge on any atom is 0.261 e. The summed E-state index contributed by atoms with van der Waals surface area (Å²) in [5.41, 5.74) is 2.88. The smallest absolute Gasteiger partial charge is 0.261 e. The Morgan fingerprint density at radius 1 is 1.00 bits per heavy atom. The maximum absolute atomic E-state index is 12.8. The van der Waals surface area contributed by atoms with Gasteiger partial charge in [-0.15, -0.1) is 11.3 Å². The fourth-order valence-electron chi connectivity index (χ4n) is 2.65. The summed E-state index contributed by atoms with van der Waals surface area (Å²) in [6.07, 6.45) is 1.71. The first-order valence-electron chi connectivity index (χ1n) is 8.83. The fraction of sp³-hybridized carbons (Fsp3) is 0.0455. The van der Waals surface area contributed by atoms with Crippen molar-refractivity contribution in [2.24, 2.45) is 0 Å². The van der Waals surface area contributed by atoms with Crippen molar-refractivity contribution in [2.45, 2.75) is 6.61 Å². The highest BCUT2D eigenvalue weighted by atomic mass is 35.5. The number of para-hydroxylation sites is 1. The van der Waals surface area contributed by atoms with Gasteiger partial charge in [0.05, 0.1) is 11.3 Å². The molecule has 1 amide bonds. The Labute approximate surface area is 177 Å². The van der Waals surface area contributed by atoms with Crippen LogP contribution in [-0.4, -0.2) is 15.9 Å². The Morgan fingerprint density at radius 2 is 1.79 bits per heavy atom. The number of carbonyl (C=O) groups excluding carboxylic acids is 1. The molecule has 29 heavy (non-hydrogen) atoms. The van der Waals surface area contributed by atoms with Crippen LogP contribution in [0.4, 0.5) is 5.13 Å². The lowest BCUT2D eigenvalue weighted by molar-refractivity contribution is 0.102. The number of carbonyl (C=O) groups is 1. The standard InChI is InChI=1S/C22H16ClN3O2S/c23-16-10-8-15(9-11-16)13-28-20-7-2-1-5-17(20)21(27)26-22-25-19(14-29-22)18-6-3-4-12-24-18/h1-12,14H,13H2,(H,25,26,27). The second-order valence-electron chi connectivity index (χ2n) is 6.12. The molecule has 4 aromatic rings. The van der Waals surface area contributed by atoms with Crippen LogP contribution in [0.3, 0.4) is 0 Å². The van der Waals surface area contributed by atoms with E-state index in [0.29, 0.717) is 28.1 Å². The van der Waals surface area contributed by atoms with Crippen molar-refractivity contribution in [3.8, 4) is 17.1 Å². The van der Waals surface area contributed by atoms with Gasteiger partial charge in [0.2, 0.25) is 0 Å². The first-order valence-corrected chi connectivity index (χ1v) is 10.1. The van der Waals surface area contributed by atoms with E-state index >= 15 is 0 Å². The monoisotopic (exact) mass is 421 g/mol. The van der Waals surface area contributed by atoms with Crippen molar-refractivity contribution in [3.63, 3.8) is 0 Å². The number of nitrogens with one attached hydrogen (secondary N) is 1. The summed E-state index contributed by atoms with van der Waals surface area (Å²) in [6.45, 7) is 0.336. The molecule has 0 atom stereocenters. The predicted molar refractivity (Wildman–Crippen MR) is 116 cm³/mol. The number of aromatic nitrogens is 2. The van der Waals surface area contributed by atoms with E-state index in [1.807, 2.05) is 41.8 Å². The molecule has 0 saturated carbocycles. The molecule has 0 aliphatic heterocycles. The summed E-state index contributed by atoms with van der Waals surface area (Å²) in [6, 6.07) is 20.1. The molecule has 5 nitrogen and oxygen atoms in total. The largest absolute Gasteiger partial charge is 0.488 e. The lowest BCUT2D eigenvalue weighted by Crippen LogP contribution is -2.13. The van der Waals surface area contributed by atoms with Crippen molar-refractivity contribution in [1.82, 2.24) is 9.97 Å². The highest BCUT2D eigenvalue weighted by Crippen LogP contribution is 2.25. The summed E-state index contributed by atoms with van der Waals surface area (Å²) in [5, 5.41) is 5.87. The summed E-state index contributed by atoms with van der Waals surface area (Å²) in [5.74, 6) is 0.222. The van der Waals surface area contributed by atoms with Crippen LogP contribution in [0.1, 0.15) is 15.9 Å². The normalized spacial score (nSPS) is 10.5. The van der Waals surface area contributed by atoms with Crippen LogP contribution < -0.4 is 10.1 Å². The van der Waals surface area contributed by atoms with Crippen molar-refractivity contribution in [2.75, 3.05) is 5.32 Å². The molecule has 0 aliphatic rings. The molecule has 0 aliphatic carbocycles. The van der Waals surface area contributed by atoms with Gasteiger partial charge in [-0.25, -0.2) is 4.98 Å². The van der Waals surface area contributed by atoms with Crippen LogP contribution in [0, 0.1) is 0 Å². The van der Waals surface area contributed by atoms with E-state index in [0.717, 1.165) is 17.0 Å². The molecule has 0 saturated heterocycles. The van der Waals surface area contributed by atoms with E-state index in [2.05, 4.69) is 15.3 Å². The Hall–Kier alpha value is -3.22. The van der Waals surface area contributed by atoms with Crippen molar-refractivity contribution in [1.29, 1.82) is 0 Å². The van der Waals surface area contributed by atoms with Gasteiger partial charge < -0.3 is 4.74 Å².